The van der Waals surface area contributed by atoms with Crippen LogP contribution >= 0.6 is 0 Å². The van der Waals surface area contributed by atoms with Crippen LogP contribution < -0.4 is 10.2 Å². The molecule has 1 aromatic carbocycles. The molecule has 1 fully saturated rings. The molecule has 2 aliphatic rings. The highest BCUT2D eigenvalue weighted by molar-refractivity contribution is 5.76. The minimum Gasteiger partial charge on any atom is -0.369 e. The largest absolute Gasteiger partial charge is 0.369 e. The molecule has 1 N–H and O–H groups in total. The van der Waals surface area contributed by atoms with Crippen molar-refractivity contribution in [3.63, 3.8) is 0 Å². The van der Waals surface area contributed by atoms with E-state index in [1.165, 1.54) is 5.69 Å². The van der Waals surface area contributed by atoms with Crippen LogP contribution in [-0.4, -0.2) is 49.7 Å². The van der Waals surface area contributed by atoms with E-state index in [0.29, 0.717) is 25.8 Å². The molecule has 6 heteroatoms. The molecule has 1 amide bonds. The number of hydrogen-bond acceptors (Lipinski definition) is 5. The molecule has 0 unspecified atom stereocenters. The summed E-state index contributed by atoms with van der Waals surface area (Å²) in [5.74, 6) is 2.65. The third kappa shape index (κ3) is 4.83. The molecule has 1 saturated heterocycles. The van der Waals surface area contributed by atoms with Crippen LogP contribution in [0.15, 0.2) is 34.5 Å². The number of benzene rings is 1. The number of carbonyl (C=O) groups is 1. The van der Waals surface area contributed by atoms with E-state index in [0.717, 1.165) is 38.2 Å². The first-order chi connectivity index (χ1) is 12.6. The van der Waals surface area contributed by atoms with Gasteiger partial charge in [-0.25, -0.2) is 0 Å². The number of likely N-dealkylation sites (N-methyl/N-ethyl adjacent to an activating group) is 1. The van der Waals surface area contributed by atoms with E-state index in [9.17, 15) is 4.79 Å². The fraction of sp³-hybridized carbons (Fsp3) is 0.550. The van der Waals surface area contributed by atoms with Gasteiger partial charge in [0.2, 0.25) is 5.91 Å². The van der Waals surface area contributed by atoms with E-state index >= 15 is 0 Å². The van der Waals surface area contributed by atoms with E-state index in [4.69, 9.17) is 6.42 Å². The zero-order valence-corrected chi connectivity index (χ0v) is 15.4. The Hall–Kier alpha value is -2.39. The highest BCUT2D eigenvalue weighted by Gasteiger charge is 2.39. The molecule has 0 saturated carbocycles. The highest BCUT2D eigenvalue weighted by atomic mass is 16.1. The molecule has 3 rings (SSSR count). The Morgan fingerprint density at radius 2 is 1.96 bits per heavy atom. The number of amides is 1. The maximum atomic E-state index is 12.2. The number of piperazine rings is 1. The van der Waals surface area contributed by atoms with E-state index in [2.05, 4.69) is 56.5 Å². The number of rotatable bonds is 8. The maximum Gasteiger partial charge on any atom is 0.220 e. The zero-order chi connectivity index (χ0) is 18.4. The summed E-state index contributed by atoms with van der Waals surface area (Å²) in [6.45, 7) is 4.71. The van der Waals surface area contributed by atoms with Gasteiger partial charge in [-0.2, -0.15) is 10.2 Å². The topological polar surface area (TPSA) is 60.3 Å². The van der Waals surface area contributed by atoms with Crippen molar-refractivity contribution in [3.8, 4) is 12.3 Å². The van der Waals surface area contributed by atoms with Gasteiger partial charge in [-0.1, -0.05) is 18.2 Å². The van der Waals surface area contributed by atoms with Gasteiger partial charge in [0, 0.05) is 64.1 Å². The summed E-state index contributed by atoms with van der Waals surface area (Å²) in [7, 11) is 2.15. The third-order valence-corrected chi connectivity index (χ3v) is 5.12. The Balaban J connectivity index is 1.49. The van der Waals surface area contributed by atoms with E-state index in [1.54, 1.807) is 0 Å². The van der Waals surface area contributed by atoms with Crippen molar-refractivity contribution in [2.24, 2.45) is 10.2 Å². The predicted octanol–water partition coefficient (Wildman–Crippen LogP) is 2.41. The van der Waals surface area contributed by atoms with Gasteiger partial charge in [-0.3, -0.25) is 4.79 Å². The Morgan fingerprint density at radius 3 is 2.65 bits per heavy atom. The van der Waals surface area contributed by atoms with Crippen molar-refractivity contribution in [2.75, 3.05) is 38.1 Å². The van der Waals surface area contributed by atoms with Crippen LogP contribution in [0.5, 0.6) is 0 Å². The molecule has 26 heavy (non-hydrogen) atoms. The minimum absolute atomic E-state index is 0.0376. The second-order valence-corrected chi connectivity index (χ2v) is 7.08. The van der Waals surface area contributed by atoms with Gasteiger partial charge in [0.1, 0.15) is 0 Å². The fourth-order valence-corrected chi connectivity index (χ4v) is 3.28. The quantitative estimate of drug-likeness (QED) is 0.730. The van der Waals surface area contributed by atoms with Crippen LogP contribution in [0.25, 0.3) is 0 Å². The summed E-state index contributed by atoms with van der Waals surface area (Å²) >= 11 is 0. The first kappa shape index (κ1) is 18.4. The van der Waals surface area contributed by atoms with Gasteiger partial charge in [-0.15, -0.1) is 12.3 Å². The minimum atomic E-state index is -0.387. The van der Waals surface area contributed by atoms with Crippen molar-refractivity contribution < 1.29 is 4.79 Å². The Morgan fingerprint density at radius 1 is 1.23 bits per heavy atom. The van der Waals surface area contributed by atoms with Gasteiger partial charge >= 0.3 is 0 Å². The SMILES string of the molecule is C#CCCC1(CCC(=O)NCc2ccccc2N2CCN(C)CC2)N=N1. The second kappa shape index (κ2) is 8.33. The lowest BCUT2D eigenvalue weighted by Crippen LogP contribution is -2.45. The number of nitrogens with zero attached hydrogens (tertiary/aromatic N) is 4. The van der Waals surface area contributed by atoms with Crippen molar-refractivity contribution in [1.29, 1.82) is 0 Å². The van der Waals surface area contributed by atoms with E-state index < -0.39 is 0 Å². The lowest BCUT2D eigenvalue weighted by atomic mass is 10.0. The Bertz CT molecular complexity index is 694. The summed E-state index contributed by atoms with van der Waals surface area (Å²) < 4.78 is 0. The molecule has 1 aromatic rings. The standard InChI is InChI=1S/C20H27N5O/c1-3-4-10-20(22-23-20)11-9-19(26)21-16-17-7-5-6-8-18(17)25-14-12-24(2)13-15-25/h1,5-8H,4,9-16H2,2H3,(H,21,26). The molecular weight excluding hydrogens is 326 g/mol. The smallest absolute Gasteiger partial charge is 0.220 e. The summed E-state index contributed by atoms with van der Waals surface area (Å²) in [4.78, 5) is 17.0. The Labute approximate surface area is 155 Å². The molecule has 0 aromatic heterocycles. The first-order valence-corrected chi connectivity index (χ1v) is 9.27. The van der Waals surface area contributed by atoms with E-state index in [-0.39, 0.29) is 11.6 Å². The van der Waals surface area contributed by atoms with Crippen LogP contribution in [0.1, 0.15) is 31.2 Å². The third-order valence-electron chi connectivity index (χ3n) is 5.12. The van der Waals surface area contributed by atoms with Crippen LogP contribution in [0.2, 0.25) is 0 Å². The zero-order valence-electron chi connectivity index (χ0n) is 15.4. The summed E-state index contributed by atoms with van der Waals surface area (Å²) in [6.07, 6.45) is 7.74. The number of hydrogen-bond donors (Lipinski definition) is 1. The number of carbonyl (C=O) groups excluding carboxylic acids is 1. The summed E-state index contributed by atoms with van der Waals surface area (Å²) in [6, 6.07) is 8.32. The number of nitrogens with one attached hydrogen (secondary N) is 1. The number of terminal acetylenes is 1. The van der Waals surface area contributed by atoms with Gasteiger partial charge in [0.15, 0.2) is 5.66 Å². The molecule has 2 aliphatic heterocycles. The van der Waals surface area contributed by atoms with Crippen molar-refractivity contribution >= 4 is 11.6 Å². The predicted molar refractivity (Wildman–Crippen MR) is 103 cm³/mol. The molecule has 0 bridgehead atoms. The van der Waals surface area contributed by atoms with Crippen LogP contribution in [0.3, 0.4) is 0 Å². The maximum absolute atomic E-state index is 12.2. The lowest BCUT2D eigenvalue weighted by molar-refractivity contribution is -0.121. The van der Waals surface area contributed by atoms with Crippen LogP contribution in [-0.2, 0) is 11.3 Å². The highest BCUT2D eigenvalue weighted by Crippen LogP contribution is 2.37. The molecule has 6 nitrogen and oxygen atoms in total. The summed E-state index contributed by atoms with van der Waals surface area (Å²) in [5, 5.41) is 11.2. The fourth-order valence-electron chi connectivity index (χ4n) is 3.28. The van der Waals surface area contributed by atoms with Crippen LogP contribution in [0.4, 0.5) is 5.69 Å². The number of anilines is 1. The van der Waals surface area contributed by atoms with Crippen molar-refractivity contribution in [2.45, 2.75) is 37.9 Å². The Kier molecular flexibility index (Phi) is 5.89. The number of para-hydroxylation sites is 1. The molecule has 138 valence electrons. The van der Waals surface area contributed by atoms with Gasteiger partial charge in [-0.05, 0) is 18.7 Å². The molecule has 0 radical (unpaired) electrons. The average molecular weight is 353 g/mol. The van der Waals surface area contributed by atoms with Gasteiger partial charge in [0.25, 0.3) is 0 Å². The molecule has 0 spiro atoms. The lowest BCUT2D eigenvalue weighted by Gasteiger charge is -2.35. The van der Waals surface area contributed by atoms with E-state index in [1.807, 2.05) is 6.07 Å². The van der Waals surface area contributed by atoms with Crippen LogP contribution in [0, 0.1) is 12.3 Å². The molecule has 0 atom stereocenters. The first-order valence-electron chi connectivity index (χ1n) is 9.27. The van der Waals surface area contributed by atoms with Crippen molar-refractivity contribution in [1.82, 2.24) is 10.2 Å². The molecular formula is C20H27N5O. The average Bonchev–Trinajstić information content (AvgIpc) is 3.44. The normalized spacial score (nSPS) is 18.4. The second-order valence-electron chi connectivity index (χ2n) is 7.08. The molecule has 2 heterocycles. The summed E-state index contributed by atoms with van der Waals surface area (Å²) in [5.41, 5.74) is 1.99. The van der Waals surface area contributed by atoms with Crippen molar-refractivity contribution in [3.05, 3.63) is 29.8 Å². The van der Waals surface area contributed by atoms with Gasteiger partial charge < -0.3 is 15.1 Å². The monoisotopic (exact) mass is 353 g/mol. The van der Waals surface area contributed by atoms with Gasteiger partial charge in [0.05, 0.1) is 0 Å². The molecule has 0 aliphatic carbocycles.